The fraction of sp³-hybridized carbons (Fsp3) is 0.439. The smallest absolute Gasteiger partial charge is 0.361 e. The second-order valence-corrected chi connectivity index (χ2v) is 16.4. The number of rotatable bonds is 6. The maximum absolute atomic E-state index is 15.0. The summed E-state index contributed by atoms with van der Waals surface area (Å²) >= 11 is 0. The van der Waals surface area contributed by atoms with Gasteiger partial charge < -0.3 is 21.3 Å². The Hall–Kier alpha value is -5.73. The number of hydrogen-bond donors (Lipinski definition) is 2. The summed E-state index contributed by atoms with van der Waals surface area (Å²) in [5, 5.41) is 13.8. The minimum Gasteiger partial charge on any atom is -0.381 e. The van der Waals surface area contributed by atoms with Gasteiger partial charge >= 0.3 is 6.03 Å². The minimum atomic E-state index is -0.607. The molecular formula is C41H44F2N12O. The van der Waals surface area contributed by atoms with Crippen LogP contribution in [0.3, 0.4) is 0 Å². The first-order valence-electron chi connectivity index (χ1n) is 19.7. The zero-order valence-electron chi connectivity index (χ0n) is 30.9. The van der Waals surface area contributed by atoms with Gasteiger partial charge in [0.2, 0.25) is 11.9 Å². The van der Waals surface area contributed by atoms with Crippen LogP contribution >= 0.6 is 0 Å². The van der Waals surface area contributed by atoms with Gasteiger partial charge in [0.15, 0.2) is 23.3 Å². The number of carbonyl (C=O) groups excluding carboxylic acids is 1. The molecule has 4 N–H and O–H groups in total. The van der Waals surface area contributed by atoms with Crippen molar-refractivity contribution < 1.29 is 13.6 Å². The highest BCUT2D eigenvalue weighted by atomic mass is 19.1. The number of hydrogen-bond acceptors (Lipinski definition) is 11. The fourth-order valence-corrected chi connectivity index (χ4v) is 10.4. The van der Waals surface area contributed by atoms with Gasteiger partial charge in [-0.15, -0.1) is 0 Å². The predicted molar refractivity (Wildman–Crippen MR) is 208 cm³/mol. The third kappa shape index (κ3) is 6.16. The number of amides is 2. The average Bonchev–Trinajstić information content (AvgIpc) is 4.06. The first-order chi connectivity index (χ1) is 27.3. The van der Waals surface area contributed by atoms with Gasteiger partial charge in [-0.05, 0) is 72.3 Å². The molecule has 6 heterocycles. The number of hydrazone groups is 2. The van der Waals surface area contributed by atoms with Crippen molar-refractivity contribution in [3.05, 3.63) is 95.8 Å². The number of nitrogen functional groups attached to an aromatic ring is 2. The molecule has 15 heteroatoms. The molecule has 288 valence electrons. The number of aromatic nitrogens is 4. The summed E-state index contributed by atoms with van der Waals surface area (Å²) in [6.45, 7) is 3.13. The molecule has 2 aliphatic carbocycles. The molecule has 2 aromatic carbocycles. The van der Waals surface area contributed by atoms with Crippen LogP contribution in [0.1, 0.15) is 61.7 Å². The Labute approximate surface area is 323 Å². The van der Waals surface area contributed by atoms with Crippen LogP contribution in [0.5, 0.6) is 0 Å². The molecule has 2 saturated carbocycles. The lowest BCUT2D eigenvalue weighted by Crippen LogP contribution is -2.38. The summed E-state index contributed by atoms with van der Waals surface area (Å²) in [5.74, 6) is 1.67. The second-order valence-electron chi connectivity index (χ2n) is 16.4. The fourth-order valence-electron chi connectivity index (χ4n) is 10.4. The van der Waals surface area contributed by atoms with Crippen molar-refractivity contribution in [2.75, 3.05) is 47.4 Å². The highest BCUT2D eigenvalue weighted by molar-refractivity contribution is 5.94. The monoisotopic (exact) mass is 758 g/mol. The number of nitrogens with zero attached hydrogens (tertiary/aromatic N) is 10. The topological polar surface area (TPSA) is 158 Å². The number of carbonyl (C=O) groups is 1. The second kappa shape index (κ2) is 13.8. The Bertz CT molecular complexity index is 2030. The lowest BCUT2D eigenvalue weighted by molar-refractivity contribution is 0.132. The van der Waals surface area contributed by atoms with Gasteiger partial charge in [0.25, 0.3) is 0 Å². The number of halogens is 2. The number of fused-ring (bicyclic) bond motifs is 2. The van der Waals surface area contributed by atoms with Gasteiger partial charge in [-0.1, -0.05) is 60.7 Å². The van der Waals surface area contributed by atoms with E-state index in [1.807, 2.05) is 36.4 Å². The summed E-state index contributed by atoms with van der Waals surface area (Å²) in [6, 6.07) is 19.7. The lowest BCUT2D eigenvalue weighted by atomic mass is 9.92. The van der Waals surface area contributed by atoms with Crippen molar-refractivity contribution >= 4 is 41.0 Å². The van der Waals surface area contributed by atoms with E-state index < -0.39 is 11.6 Å². The Balaban J connectivity index is 0.885. The standard InChI is InChI=1S/C41H44F2N12O/c42-31-17-46-39(48-37(31)44)52-19-27-11-25(12-28(27)20-52)33-15-35(23-7-3-1-4-8-23)54(50-33)41(56)55-36(24-9-5-2-6-10-24)16-34(51-55)26-13-29-21-53(22-30(29)14-26)40-47-18-32(43)38(45)49-40/h1-10,17-18,25-30,35-36H,11-16,19-22H2,(H2,44,46,48)(H2,45,47,49)/t25?,26?,27-,28+,29-,30+,35-,36-/m1/s1. The van der Waals surface area contributed by atoms with E-state index in [1.54, 1.807) is 10.0 Å². The van der Waals surface area contributed by atoms with Crippen LogP contribution in [0.4, 0.5) is 37.1 Å². The van der Waals surface area contributed by atoms with Crippen LogP contribution in [0.15, 0.2) is 83.3 Å². The molecule has 10 rings (SSSR count). The number of benzene rings is 2. The van der Waals surface area contributed by atoms with Gasteiger partial charge in [-0.25, -0.2) is 33.6 Å². The van der Waals surface area contributed by atoms with Gasteiger partial charge in [0, 0.05) is 50.4 Å². The third-order valence-corrected chi connectivity index (χ3v) is 13.2. The molecular weight excluding hydrogens is 715 g/mol. The molecule has 4 fully saturated rings. The molecule has 13 nitrogen and oxygen atoms in total. The molecule has 2 amide bonds. The van der Waals surface area contributed by atoms with Crippen LogP contribution in [-0.2, 0) is 0 Å². The van der Waals surface area contributed by atoms with Gasteiger partial charge in [-0.3, -0.25) is 0 Å². The maximum atomic E-state index is 15.0. The van der Waals surface area contributed by atoms with E-state index in [0.717, 1.165) is 86.8 Å². The molecule has 4 aliphatic heterocycles. The van der Waals surface area contributed by atoms with Crippen molar-refractivity contribution in [2.45, 2.75) is 50.6 Å². The molecule has 0 bridgehead atoms. The van der Waals surface area contributed by atoms with Gasteiger partial charge in [-0.2, -0.15) is 20.2 Å². The molecule has 4 aromatic rings. The highest BCUT2D eigenvalue weighted by Crippen LogP contribution is 2.48. The highest BCUT2D eigenvalue weighted by Gasteiger charge is 2.49. The van der Waals surface area contributed by atoms with Crippen molar-refractivity contribution in [2.24, 2.45) is 45.7 Å². The van der Waals surface area contributed by atoms with Crippen molar-refractivity contribution in [3.63, 3.8) is 0 Å². The molecule has 2 saturated heterocycles. The van der Waals surface area contributed by atoms with Crippen LogP contribution in [0, 0.1) is 47.1 Å². The lowest BCUT2D eigenvalue weighted by Gasteiger charge is -2.29. The van der Waals surface area contributed by atoms with Crippen LogP contribution in [-0.4, -0.2) is 73.6 Å². The maximum Gasteiger partial charge on any atom is 0.361 e. The Morgan fingerprint density at radius 1 is 0.589 bits per heavy atom. The van der Waals surface area contributed by atoms with Gasteiger partial charge in [0.1, 0.15) is 0 Å². The Morgan fingerprint density at radius 2 is 0.964 bits per heavy atom. The molecule has 56 heavy (non-hydrogen) atoms. The molecule has 0 radical (unpaired) electrons. The van der Waals surface area contributed by atoms with Crippen molar-refractivity contribution in [3.8, 4) is 0 Å². The zero-order valence-corrected chi connectivity index (χ0v) is 30.9. The third-order valence-electron chi connectivity index (χ3n) is 13.2. The van der Waals surface area contributed by atoms with Crippen molar-refractivity contribution in [1.82, 2.24) is 30.0 Å². The SMILES string of the molecule is Nc1nc(N2C[C@H]3CC(C4=NN(C(=O)N5N=C(C6C[C@@H]7CN(c8ncc(F)c(N)n8)C[C@@H]7C6)C[C@@H]5c5ccccc5)[C@@H](c5ccccc5)C4)C[C@H]3C2)ncc1F. The van der Waals surface area contributed by atoms with E-state index >= 15 is 0 Å². The van der Waals surface area contributed by atoms with E-state index in [9.17, 15) is 13.6 Å². The normalized spacial score (nSPS) is 29.5. The summed E-state index contributed by atoms with van der Waals surface area (Å²) in [6.07, 6.45) is 7.47. The molecule has 2 aromatic heterocycles. The molecule has 6 aliphatic rings. The first-order valence-corrected chi connectivity index (χ1v) is 19.7. The molecule has 0 spiro atoms. The Morgan fingerprint density at radius 3 is 1.32 bits per heavy atom. The molecule has 8 atom stereocenters. The number of nitrogens with two attached hydrogens (primary N) is 2. The number of urea groups is 1. The first kappa shape index (κ1) is 34.7. The van der Waals surface area contributed by atoms with E-state index in [2.05, 4.69) is 54.0 Å². The molecule has 2 unspecified atom stereocenters. The largest absolute Gasteiger partial charge is 0.381 e. The van der Waals surface area contributed by atoms with E-state index in [-0.39, 0.29) is 41.6 Å². The van der Waals surface area contributed by atoms with E-state index in [1.165, 1.54) is 0 Å². The summed E-state index contributed by atoms with van der Waals surface area (Å²) < 4.78 is 27.5. The minimum absolute atomic E-state index is 0.131. The van der Waals surface area contributed by atoms with Crippen LogP contribution < -0.4 is 21.3 Å². The van der Waals surface area contributed by atoms with Crippen molar-refractivity contribution in [1.29, 1.82) is 0 Å². The zero-order chi connectivity index (χ0) is 38.1. The van der Waals surface area contributed by atoms with Crippen LogP contribution in [0.25, 0.3) is 0 Å². The predicted octanol–water partition coefficient (Wildman–Crippen LogP) is 6.06. The average molecular weight is 759 g/mol. The summed E-state index contributed by atoms with van der Waals surface area (Å²) in [4.78, 5) is 36.0. The quantitative estimate of drug-likeness (QED) is 0.239. The van der Waals surface area contributed by atoms with Gasteiger partial charge in [0.05, 0.1) is 24.5 Å². The van der Waals surface area contributed by atoms with E-state index in [0.29, 0.717) is 48.4 Å². The number of anilines is 4. The van der Waals surface area contributed by atoms with E-state index in [4.69, 9.17) is 21.7 Å². The van der Waals surface area contributed by atoms with Crippen LogP contribution in [0.2, 0.25) is 0 Å². The summed E-state index contributed by atoms with van der Waals surface area (Å²) in [5.41, 5.74) is 15.7. The summed E-state index contributed by atoms with van der Waals surface area (Å²) in [7, 11) is 0. The Kier molecular flexibility index (Phi) is 8.55.